The lowest BCUT2D eigenvalue weighted by molar-refractivity contribution is -0.297. The highest BCUT2D eigenvalue weighted by Crippen LogP contribution is 2.43. The summed E-state index contributed by atoms with van der Waals surface area (Å²) in [5.74, 6) is -8.35. The fraction of sp³-hybridized carbons (Fsp3) is 0.560. The summed E-state index contributed by atoms with van der Waals surface area (Å²) in [6.45, 7) is 12.1. The molecule has 1 heterocycles. The number of rotatable bonds is 9. The van der Waals surface area contributed by atoms with Crippen molar-refractivity contribution >= 4 is 11.9 Å². The van der Waals surface area contributed by atoms with E-state index in [-0.39, 0.29) is 22.7 Å². The lowest BCUT2D eigenvalue weighted by Gasteiger charge is -2.15. The monoisotopic (exact) mass is 524 g/mol. The SMILES string of the molecule is CC.CC.CCCCC(CCC)C(=O)O.NC(=O)c1ccc(-c2coc(C(F)(F)C(F)(F)F)n2)cc1. The number of primary amides is 1. The van der Waals surface area contributed by atoms with Crippen LogP contribution in [0.25, 0.3) is 11.3 Å². The summed E-state index contributed by atoms with van der Waals surface area (Å²) in [5.41, 5.74) is 5.15. The molecule has 0 aliphatic rings. The van der Waals surface area contributed by atoms with Crippen LogP contribution in [0.4, 0.5) is 22.0 Å². The van der Waals surface area contributed by atoms with E-state index in [0.29, 0.717) is 6.26 Å². The number of carbonyl (C=O) groups excluding carboxylic acids is 1. The molecular formula is C25H37F5N2O4. The molecule has 0 bridgehead atoms. The predicted octanol–water partition coefficient (Wildman–Crippen LogP) is 7.82. The van der Waals surface area contributed by atoms with E-state index in [1.165, 1.54) is 24.3 Å². The number of amides is 1. The Balaban J connectivity index is 0. The molecule has 0 radical (unpaired) electrons. The van der Waals surface area contributed by atoms with E-state index in [2.05, 4.69) is 16.3 Å². The zero-order valence-corrected chi connectivity index (χ0v) is 21.6. The summed E-state index contributed by atoms with van der Waals surface area (Å²) in [6.07, 6.45) is -0.348. The van der Waals surface area contributed by atoms with Crippen LogP contribution in [-0.4, -0.2) is 28.1 Å². The molecule has 0 aliphatic heterocycles. The lowest BCUT2D eigenvalue weighted by atomic mass is 9.97. The van der Waals surface area contributed by atoms with Gasteiger partial charge in [-0.1, -0.05) is 72.9 Å². The third kappa shape index (κ3) is 11.2. The topological polar surface area (TPSA) is 106 Å². The summed E-state index contributed by atoms with van der Waals surface area (Å²) in [7, 11) is 0. The Hall–Kier alpha value is -2.98. The molecule has 1 aromatic heterocycles. The van der Waals surface area contributed by atoms with E-state index in [9.17, 15) is 31.5 Å². The highest BCUT2D eigenvalue weighted by atomic mass is 19.4. The molecule has 3 N–H and O–H groups in total. The highest BCUT2D eigenvalue weighted by Gasteiger charge is 2.62. The zero-order chi connectivity index (χ0) is 28.5. The third-order valence-corrected chi connectivity index (χ3v) is 4.49. The second kappa shape index (κ2) is 17.4. The Labute approximate surface area is 209 Å². The Morgan fingerprint density at radius 1 is 0.972 bits per heavy atom. The molecular weight excluding hydrogens is 487 g/mol. The van der Waals surface area contributed by atoms with Gasteiger partial charge in [0.15, 0.2) is 0 Å². The number of oxazole rings is 1. The van der Waals surface area contributed by atoms with Crippen molar-refractivity contribution in [1.82, 2.24) is 4.98 Å². The van der Waals surface area contributed by atoms with Crippen LogP contribution in [-0.2, 0) is 10.7 Å². The quantitative estimate of drug-likeness (QED) is 0.325. The normalized spacial score (nSPS) is 11.5. The number of alkyl halides is 5. The average Bonchev–Trinajstić information content (AvgIpc) is 3.35. The number of hydrogen-bond donors (Lipinski definition) is 2. The first kappa shape index (κ1) is 35.2. The molecule has 2 rings (SSSR count). The number of aromatic nitrogens is 1. The van der Waals surface area contributed by atoms with E-state index in [1.54, 1.807) is 0 Å². The molecule has 0 spiro atoms. The Morgan fingerprint density at radius 2 is 1.50 bits per heavy atom. The molecule has 1 aromatic carbocycles. The predicted molar refractivity (Wildman–Crippen MR) is 129 cm³/mol. The van der Waals surface area contributed by atoms with Crippen molar-refractivity contribution in [3.05, 3.63) is 42.0 Å². The fourth-order valence-corrected chi connectivity index (χ4v) is 2.67. The Bertz CT molecular complexity index is 881. The minimum atomic E-state index is -5.80. The largest absolute Gasteiger partial charge is 0.481 e. The molecule has 0 saturated carbocycles. The van der Waals surface area contributed by atoms with Gasteiger partial charge in [-0.15, -0.1) is 0 Å². The molecule has 1 amide bonds. The van der Waals surface area contributed by atoms with Crippen molar-refractivity contribution in [3.63, 3.8) is 0 Å². The van der Waals surface area contributed by atoms with Gasteiger partial charge in [0.05, 0.1) is 5.92 Å². The molecule has 0 fully saturated rings. The van der Waals surface area contributed by atoms with Crippen LogP contribution in [0, 0.1) is 5.92 Å². The molecule has 206 valence electrons. The van der Waals surface area contributed by atoms with Gasteiger partial charge in [0.1, 0.15) is 12.0 Å². The number of benzene rings is 1. The van der Waals surface area contributed by atoms with E-state index in [0.717, 1.165) is 32.1 Å². The Morgan fingerprint density at radius 3 is 1.89 bits per heavy atom. The minimum absolute atomic E-state index is 0.0973. The van der Waals surface area contributed by atoms with Gasteiger partial charge in [-0.25, -0.2) is 4.98 Å². The molecule has 0 saturated heterocycles. The molecule has 1 atom stereocenters. The number of aliphatic carboxylic acids is 1. The number of nitrogens with two attached hydrogens (primary N) is 1. The van der Waals surface area contributed by atoms with Crippen LogP contribution in [0.2, 0.25) is 0 Å². The zero-order valence-electron chi connectivity index (χ0n) is 21.6. The molecule has 11 heteroatoms. The number of unbranched alkanes of at least 4 members (excludes halogenated alkanes) is 1. The van der Waals surface area contributed by atoms with Crippen LogP contribution in [0.1, 0.15) is 89.9 Å². The van der Waals surface area contributed by atoms with Gasteiger partial charge in [-0.3, -0.25) is 9.59 Å². The second-order valence-corrected chi connectivity index (χ2v) is 7.02. The number of carbonyl (C=O) groups is 2. The molecule has 1 unspecified atom stereocenters. The number of hydrogen-bond acceptors (Lipinski definition) is 4. The van der Waals surface area contributed by atoms with Crippen LogP contribution in [0.5, 0.6) is 0 Å². The van der Waals surface area contributed by atoms with Gasteiger partial charge < -0.3 is 15.3 Å². The van der Waals surface area contributed by atoms with E-state index >= 15 is 0 Å². The second-order valence-electron chi connectivity index (χ2n) is 7.02. The number of nitrogens with zero attached hydrogens (tertiary/aromatic N) is 1. The Kier molecular flexibility index (Phi) is 17.1. The van der Waals surface area contributed by atoms with Crippen molar-refractivity contribution in [2.45, 2.75) is 85.7 Å². The number of halogens is 5. The van der Waals surface area contributed by atoms with Gasteiger partial charge in [-0.2, -0.15) is 22.0 Å². The third-order valence-electron chi connectivity index (χ3n) is 4.49. The summed E-state index contributed by atoms with van der Waals surface area (Å²) in [5, 5.41) is 8.73. The number of carboxylic acid groups (broad SMARTS) is 1. The van der Waals surface area contributed by atoms with E-state index in [4.69, 9.17) is 10.8 Å². The van der Waals surface area contributed by atoms with Crippen molar-refractivity contribution in [1.29, 1.82) is 0 Å². The first-order valence-corrected chi connectivity index (χ1v) is 11.9. The molecule has 0 aliphatic carbocycles. The summed E-state index contributed by atoms with van der Waals surface area (Å²) in [4.78, 5) is 24.6. The van der Waals surface area contributed by atoms with Gasteiger partial charge in [0.2, 0.25) is 5.91 Å². The minimum Gasteiger partial charge on any atom is -0.481 e. The van der Waals surface area contributed by atoms with Crippen molar-refractivity contribution in [3.8, 4) is 11.3 Å². The highest BCUT2D eigenvalue weighted by molar-refractivity contribution is 5.93. The average molecular weight is 525 g/mol. The molecule has 6 nitrogen and oxygen atoms in total. The van der Waals surface area contributed by atoms with Gasteiger partial charge in [0, 0.05) is 11.1 Å². The van der Waals surface area contributed by atoms with Gasteiger partial charge in [0.25, 0.3) is 5.89 Å². The van der Waals surface area contributed by atoms with E-state index in [1.807, 2.05) is 34.6 Å². The molecule has 2 aromatic rings. The maximum Gasteiger partial charge on any atom is 0.463 e. The first-order valence-electron chi connectivity index (χ1n) is 11.9. The van der Waals surface area contributed by atoms with Crippen LogP contribution < -0.4 is 5.73 Å². The molecule has 36 heavy (non-hydrogen) atoms. The summed E-state index contributed by atoms with van der Waals surface area (Å²) < 4.78 is 66.8. The van der Waals surface area contributed by atoms with Crippen LogP contribution in [0.3, 0.4) is 0 Å². The lowest BCUT2D eigenvalue weighted by Crippen LogP contribution is -2.33. The van der Waals surface area contributed by atoms with Gasteiger partial charge >= 0.3 is 18.1 Å². The number of carboxylic acids is 1. The van der Waals surface area contributed by atoms with Crippen molar-refractivity contribution < 1.29 is 41.1 Å². The standard InChI is InChI=1S/C12H7F5N2O2.C9H18O2.2C2H6/c13-11(14,12(15,16)17)10-19-8(5-21-10)6-1-3-7(4-2-6)9(18)20;1-3-5-7-8(6-4-2)9(10)11;2*1-2/h1-5H,(H2,18,20);8H,3-7H2,1-2H3,(H,10,11);2*1-2H3. The smallest absolute Gasteiger partial charge is 0.463 e. The van der Waals surface area contributed by atoms with Crippen molar-refractivity contribution in [2.75, 3.05) is 0 Å². The maximum absolute atomic E-state index is 13.0. The van der Waals surface area contributed by atoms with Crippen LogP contribution >= 0.6 is 0 Å². The van der Waals surface area contributed by atoms with Crippen LogP contribution in [0.15, 0.2) is 34.9 Å². The van der Waals surface area contributed by atoms with Gasteiger partial charge in [-0.05, 0) is 25.0 Å². The summed E-state index contributed by atoms with van der Waals surface area (Å²) >= 11 is 0. The van der Waals surface area contributed by atoms with E-state index < -0.39 is 29.9 Å². The summed E-state index contributed by atoms with van der Waals surface area (Å²) in [6, 6.07) is 5.17. The maximum atomic E-state index is 13.0. The fourth-order valence-electron chi connectivity index (χ4n) is 2.67. The first-order chi connectivity index (χ1) is 16.8. The van der Waals surface area contributed by atoms with Crippen molar-refractivity contribution in [2.24, 2.45) is 11.7 Å².